The van der Waals surface area contributed by atoms with Crippen LogP contribution >= 0.6 is 0 Å². The van der Waals surface area contributed by atoms with E-state index in [1.165, 1.54) is 25.1 Å². The molecule has 0 saturated carbocycles. The summed E-state index contributed by atoms with van der Waals surface area (Å²) in [5, 5.41) is 0. The van der Waals surface area contributed by atoms with E-state index in [1.807, 2.05) is 0 Å². The van der Waals surface area contributed by atoms with Crippen molar-refractivity contribution in [1.29, 1.82) is 0 Å². The highest BCUT2D eigenvalue weighted by atomic mass is 16.7. The highest BCUT2D eigenvalue weighted by molar-refractivity contribution is 5.93. The van der Waals surface area contributed by atoms with Crippen LogP contribution in [0.5, 0.6) is 11.5 Å². The molecular formula is C30H32O14. The van der Waals surface area contributed by atoms with E-state index in [0.717, 1.165) is 27.7 Å². The van der Waals surface area contributed by atoms with Gasteiger partial charge in [0, 0.05) is 34.6 Å². The van der Waals surface area contributed by atoms with E-state index < -0.39 is 73.1 Å². The number of hydrogen-bond acceptors (Lipinski definition) is 14. The minimum Gasteiger partial charge on any atom is -0.463 e. The Morgan fingerprint density at radius 1 is 0.682 bits per heavy atom. The molecule has 0 unspecified atom stereocenters. The first-order valence-corrected chi connectivity index (χ1v) is 13.3. The van der Waals surface area contributed by atoms with E-state index in [2.05, 4.69) is 0 Å². The first-order valence-electron chi connectivity index (χ1n) is 13.3. The van der Waals surface area contributed by atoms with Crippen molar-refractivity contribution in [3.8, 4) is 11.5 Å². The maximum absolute atomic E-state index is 13.2. The Morgan fingerprint density at radius 3 is 1.89 bits per heavy atom. The molecular weight excluding hydrogens is 584 g/mol. The molecule has 1 aliphatic rings. The molecule has 3 rings (SSSR count). The molecule has 1 saturated heterocycles. The average molecular weight is 617 g/mol. The summed E-state index contributed by atoms with van der Waals surface area (Å²) in [4.78, 5) is 72.6. The molecule has 0 spiro atoms. The summed E-state index contributed by atoms with van der Waals surface area (Å²) < 4.78 is 43.8. The van der Waals surface area contributed by atoms with E-state index >= 15 is 0 Å². The van der Waals surface area contributed by atoms with Crippen LogP contribution in [0.2, 0.25) is 0 Å². The Balaban J connectivity index is 2.03. The summed E-state index contributed by atoms with van der Waals surface area (Å²) >= 11 is 0. The van der Waals surface area contributed by atoms with Crippen LogP contribution in [0.15, 0.2) is 48.5 Å². The molecule has 0 bridgehead atoms. The zero-order valence-electron chi connectivity index (χ0n) is 24.6. The van der Waals surface area contributed by atoms with Crippen molar-refractivity contribution in [2.75, 3.05) is 6.61 Å². The van der Waals surface area contributed by atoms with Crippen LogP contribution in [0.1, 0.15) is 50.5 Å². The third-order valence-electron chi connectivity index (χ3n) is 5.84. The van der Waals surface area contributed by atoms with Gasteiger partial charge in [-0.15, -0.1) is 0 Å². The maximum atomic E-state index is 13.2. The summed E-state index contributed by atoms with van der Waals surface area (Å²) in [6.45, 7) is 4.99. The minimum atomic E-state index is -1.61. The van der Waals surface area contributed by atoms with Gasteiger partial charge in [0.05, 0.1) is 0 Å². The number of ether oxygens (including phenoxy) is 8. The topological polar surface area (TPSA) is 176 Å². The van der Waals surface area contributed by atoms with E-state index in [-0.39, 0.29) is 23.7 Å². The molecule has 2 aromatic rings. The highest BCUT2D eigenvalue weighted by Gasteiger charge is 2.53. The third kappa shape index (κ3) is 9.80. The first kappa shape index (κ1) is 33.5. The molecule has 1 fully saturated rings. The molecule has 236 valence electrons. The molecule has 0 amide bonds. The van der Waals surface area contributed by atoms with Crippen molar-refractivity contribution in [2.24, 2.45) is 0 Å². The van der Waals surface area contributed by atoms with Gasteiger partial charge < -0.3 is 37.9 Å². The van der Waals surface area contributed by atoms with Gasteiger partial charge in [-0.3, -0.25) is 24.0 Å². The van der Waals surface area contributed by atoms with Crippen LogP contribution in [-0.4, -0.2) is 73.1 Å². The van der Waals surface area contributed by atoms with Crippen LogP contribution < -0.4 is 9.47 Å². The third-order valence-corrected chi connectivity index (χ3v) is 5.84. The zero-order chi connectivity index (χ0) is 32.4. The van der Waals surface area contributed by atoms with Gasteiger partial charge in [0.1, 0.15) is 36.4 Å². The van der Waals surface area contributed by atoms with Gasteiger partial charge >= 0.3 is 35.8 Å². The summed E-state index contributed by atoms with van der Waals surface area (Å²) in [5.41, 5.74) is 0.492. The van der Waals surface area contributed by atoms with Gasteiger partial charge in [-0.1, -0.05) is 30.3 Å². The van der Waals surface area contributed by atoms with Crippen LogP contribution in [0.3, 0.4) is 0 Å². The Bertz CT molecular complexity index is 1370. The molecule has 5 atom stereocenters. The number of esters is 6. The number of carbonyl (C=O) groups is 6. The van der Waals surface area contributed by atoms with Crippen LogP contribution in [0, 0.1) is 0 Å². The zero-order valence-corrected chi connectivity index (χ0v) is 24.6. The Morgan fingerprint density at radius 2 is 1.30 bits per heavy atom. The lowest BCUT2D eigenvalue weighted by Crippen LogP contribution is -2.63. The van der Waals surface area contributed by atoms with Crippen molar-refractivity contribution in [2.45, 2.75) is 71.9 Å². The fourth-order valence-corrected chi connectivity index (χ4v) is 4.21. The summed E-state index contributed by atoms with van der Waals surface area (Å²) in [6, 6.07) is 12.6. The van der Waals surface area contributed by atoms with E-state index in [0.29, 0.717) is 5.56 Å². The van der Waals surface area contributed by atoms with E-state index in [9.17, 15) is 28.8 Å². The highest BCUT2D eigenvalue weighted by Crippen LogP contribution is 2.33. The molecule has 0 N–H and O–H groups in total. The van der Waals surface area contributed by atoms with Gasteiger partial charge in [-0.25, -0.2) is 4.79 Å². The number of hydrogen-bond donors (Lipinski definition) is 0. The predicted molar refractivity (Wildman–Crippen MR) is 146 cm³/mol. The van der Waals surface area contributed by atoms with Crippen molar-refractivity contribution in [3.63, 3.8) is 0 Å². The molecule has 1 aliphatic heterocycles. The van der Waals surface area contributed by atoms with E-state index in [4.69, 9.17) is 37.9 Å². The monoisotopic (exact) mass is 616 g/mol. The lowest BCUT2D eigenvalue weighted by Gasteiger charge is -2.44. The fourth-order valence-electron chi connectivity index (χ4n) is 4.21. The van der Waals surface area contributed by atoms with Crippen LogP contribution in [0.25, 0.3) is 0 Å². The van der Waals surface area contributed by atoms with Gasteiger partial charge in [0.2, 0.25) is 12.4 Å². The van der Waals surface area contributed by atoms with Crippen molar-refractivity contribution < 1.29 is 66.7 Å². The summed E-state index contributed by atoms with van der Waals surface area (Å²) in [5.74, 6) is -4.84. The normalized spacial score (nSPS) is 20.8. The Hall–Kier alpha value is -4.98. The Kier molecular flexibility index (Phi) is 11.8. The number of benzene rings is 2. The lowest BCUT2D eigenvalue weighted by atomic mass is 9.98. The lowest BCUT2D eigenvalue weighted by molar-refractivity contribution is -0.288. The van der Waals surface area contributed by atoms with Gasteiger partial charge in [0.15, 0.2) is 12.2 Å². The second-order valence-corrected chi connectivity index (χ2v) is 9.50. The van der Waals surface area contributed by atoms with Gasteiger partial charge in [-0.2, -0.15) is 0 Å². The summed E-state index contributed by atoms with van der Waals surface area (Å²) in [7, 11) is 0. The quantitative estimate of drug-likeness (QED) is 0.204. The summed E-state index contributed by atoms with van der Waals surface area (Å²) in [6.07, 6.45) is -7.33. The van der Waals surface area contributed by atoms with Crippen molar-refractivity contribution in [1.82, 2.24) is 0 Å². The maximum Gasteiger partial charge on any atom is 0.342 e. The number of carbonyl (C=O) groups excluding carboxylic acids is 6. The second-order valence-electron chi connectivity index (χ2n) is 9.50. The first-order chi connectivity index (χ1) is 20.8. The van der Waals surface area contributed by atoms with Crippen molar-refractivity contribution in [3.05, 3.63) is 59.7 Å². The second kappa shape index (κ2) is 15.5. The van der Waals surface area contributed by atoms with Crippen LogP contribution in [-0.2, 0) is 59.0 Å². The van der Waals surface area contributed by atoms with Gasteiger partial charge in [-0.05, 0) is 23.8 Å². The molecule has 1 heterocycles. The average Bonchev–Trinajstić information content (AvgIpc) is 2.94. The standard InChI is InChI=1S/C30H32O14/c1-16(31)37-15-25-26(40-18(3)33)27(41-19(4)34)28(42-20(5)35)30(44-25)43-24-12-11-22(39-17(2)32)13-23(24)29(36)38-14-21-9-7-6-8-10-21/h6-13,25-28,30H,14-15H2,1-5H3/t25-,26-,27+,28-,30-/m1/s1. The largest absolute Gasteiger partial charge is 0.463 e. The van der Waals surface area contributed by atoms with Gasteiger partial charge in [0.25, 0.3) is 0 Å². The van der Waals surface area contributed by atoms with Crippen LogP contribution in [0.4, 0.5) is 0 Å². The Labute approximate surface area is 252 Å². The molecule has 14 nitrogen and oxygen atoms in total. The predicted octanol–water partition coefficient (Wildman–Crippen LogP) is 2.43. The number of rotatable bonds is 11. The molecule has 0 aliphatic carbocycles. The van der Waals surface area contributed by atoms with E-state index in [1.54, 1.807) is 30.3 Å². The molecule has 2 aromatic carbocycles. The SMILES string of the molecule is CC(=O)OC[C@H]1O[C@@H](Oc2ccc(OC(C)=O)cc2C(=O)OCc2ccccc2)[C@H](OC(C)=O)[C@@H](OC(C)=O)[C@@H]1OC(C)=O. The minimum absolute atomic E-state index is 0.00180. The fraction of sp³-hybridized carbons (Fsp3) is 0.400. The molecule has 44 heavy (non-hydrogen) atoms. The van der Waals surface area contributed by atoms with Crippen molar-refractivity contribution >= 4 is 35.8 Å². The smallest absolute Gasteiger partial charge is 0.342 e. The molecule has 0 radical (unpaired) electrons. The molecule has 0 aromatic heterocycles. The molecule has 14 heteroatoms.